The summed E-state index contributed by atoms with van der Waals surface area (Å²) in [5.41, 5.74) is 0. The molecule has 0 saturated carbocycles. The van der Waals surface area contributed by atoms with Gasteiger partial charge in [0.25, 0.3) is 0 Å². The smallest absolute Gasteiger partial charge is 0.243 e. The van der Waals surface area contributed by atoms with Crippen LogP contribution in [-0.4, -0.2) is 21.8 Å². The molecule has 14 heavy (non-hydrogen) atoms. The van der Waals surface area contributed by atoms with Gasteiger partial charge in [-0.3, -0.25) is 0 Å². The van der Waals surface area contributed by atoms with Gasteiger partial charge in [-0.25, -0.2) is 0 Å². The summed E-state index contributed by atoms with van der Waals surface area (Å²) >= 11 is 0. The Morgan fingerprint density at radius 2 is 2.43 bits per heavy atom. The Balaban J connectivity index is 2.07. The normalized spacial score (nSPS) is 24.9. The number of aliphatic hydroxyl groups excluding tert-OH is 1. The molecule has 2 N–H and O–H groups in total. The third-order valence-corrected chi connectivity index (χ3v) is 2.44. The summed E-state index contributed by atoms with van der Waals surface area (Å²) in [5.74, 6) is 0.966. The average Bonchev–Trinajstić information content (AvgIpc) is 2.68. The molecule has 1 aromatic rings. The maximum absolute atomic E-state index is 9.23. The topological polar surface area (TPSA) is 71.2 Å². The van der Waals surface area contributed by atoms with Crippen LogP contribution in [-0.2, 0) is 0 Å². The molecule has 78 valence electrons. The lowest BCUT2D eigenvalue weighted by atomic mass is 10.1. The van der Waals surface area contributed by atoms with Crippen LogP contribution in [0.4, 0.5) is 0 Å². The van der Waals surface area contributed by atoms with E-state index in [-0.39, 0.29) is 6.04 Å². The van der Waals surface area contributed by atoms with Gasteiger partial charge in [0.05, 0.1) is 6.04 Å². The molecule has 0 radical (unpaired) electrons. The highest BCUT2D eigenvalue weighted by Gasteiger charge is 2.21. The molecule has 0 bridgehead atoms. The van der Waals surface area contributed by atoms with Gasteiger partial charge in [-0.2, -0.15) is 4.98 Å². The summed E-state index contributed by atoms with van der Waals surface area (Å²) in [7, 11) is 0. The third-order valence-electron chi connectivity index (χ3n) is 2.44. The SMILES string of the molecule is CC(O)c1noc(C2CCCCN2)n1. The highest BCUT2D eigenvalue weighted by Crippen LogP contribution is 2.22. The molecule has 1 aromatic heterocycles. The summed E-state index contributed by atoms with van der Waals surface area (Å²) in [5, 5.41) is 16.3. The molecule has 5 nitrogen and oxygen atoms in total. The average molecular weight is 197 g/mol. The molecule has 2 unspecified atom stereocenters. The molecule has 0 aromatic carbocycles. The number of aromatic nitrogens is 2. The standard InChI is InChI=1S/C9H15N3O2/c1-6(13)8-11-9(14-12-8)7-4-2-3-5-10-7/h6-7,10,13H,2-5H2,1H3. The second-order valence-electron chi connectivity index (χ2n) is 3.67. The number of nitrogens with one attached hydrogen (secondary N) is 1. The second kappa shape index (κ2) is 4.06. The maximum Gasteiger partial charge on any atom is 0.243 e. The first kappa shape index (κ1) is 9.61. The van der Waals surface area contributed by atoms with Crippen LogP contribution < -0.4 is 5.32 Å². The van der Waals surface area contributed by atoms with E-state index in [0.29, 0.717) is 11.7 Å². The number of rotatable bonds is 2. The first-order chi connectivity index (χ1) is 6.77. The van der Waals surface area contributed by atoms with Crippen molar-refractivity contribution in [2.24, 2.45) is 0 Å². The van der Waals surface area contributed by atoms with E-state index in [2.05, 4.69) is 15.5 Å². The monoisotopic (exact) mass is 197 g/mol. The van der Waals surface area contributed by atoms with E-state index in [0.717, 1.165) is 13.0 Å². The van der Waals surface area contributed by atoms with E-state index in [1.54, 1.807) is 6.92 Å². The summed E-state index contributed by atoms with van der Waals surface area (Å²) < 4.78 is 5.08. The minimum atomic E-state index is -0.656. The molecule has 0 spiro atoms. The summed E-state index contributed by atoms with van der Waals surface area (Å²) in [6.45, 7) is 2.62. The van der Waals surface area contributed by atoms with Gasteiger partial charge in [0.1, 0.15) is 6.10 Å². The zero-order chi connectivity index (χ0) is 9.97. The molecule has 1 fully saturated rings. The van der Waals surface area contributed by atoms with E-state index < -0.39 is 6.10 Å². The largest absolute Gasteiger partial charge is 0.385 e. The van der Waals surface area contributed by atoms with E-state index >= 15 is 0 Å². The van der Waals surface area contributed by atoms with Crippen molar-refractivity contribution in [3.63, 3.8) is 0 Å². The van der Waals surface area contributed by atoms with Gasteiger partial charge in [0.15, 0.2) is 5.82 Å². The Morgan fingerprint density at radius 1 is 1.57 bits per heavy atom. The fourth-order valence-corrected chi connectivity index (χ4v) is 1.62. The summed E-state index contributed by atoms with van der Waals surface area (Å²) in [6, 6.07) is 0.170. The molecule has 0 amide bonds. The van der Waals surface area contributed by atoms with Crippen molar-refractivity contribution >= 4 is 0 Å². The summed E-state index contributed by atoms with van der Waals surface area (Å²) in [4.78, 5) is 4.14. The predicted molar refractivity (Wildman–Crippen MR) is 49.5 cm³/mol. The lowest BCUT2D eigenvalue weighted by Gasteiger charge is -2.19. The second-order valence-corrected chi connectivity index (χ2v) is 3.67. The van der Waals surface area contributed by atoms with Gasteiger partial charge in [-0.1, -0.05) is 11.6 Å². The van der Waals surface area contributed by atoms with Crippen molar-refractivity contribution in [2.75, 3.05) is 6.54 Å². The Morgan fingerprint density at radius 3 is 3.00 bits per heavy atom. The van der Waals surface area contributed by atoms with E-state index in [9.17, 15) is 5.11 Å². The molecule has 0 aliphatic carbocycles. The highest BCUT2D eigenvalue weighted by atomic mass is 16.5. The van der Waals surface area contributed by atoms with Crippen LogP contribution in [0.15, 0.2) is 4.52 Å². The Kier molecular flexibility index (Phi) is 2.79. The summed E-state index contributed by atoms with van der Waals surface area (Å²) in [6.07, 6.45) is 2.76. The van der Waals surface area contributed by atoms with Crippen molar-refractivity contribution in [1.82, 2.24) is 15.5 Å². The maximum atomic E-state index is 9.23. The van der Waals surface area contributed by atoms with Crippen molar-refractivity contribution in [2.45, 2.75) is 38.3 Å². The Bertz CT molecular complexity index is 292. The fourth-order valence-electron chi connectivity index (χ4n) is 1.62. The zero-order valence-electron chi connectivity index (χ0n) is 8.23. The van der Waals surface area contributed by atoms with E-state index in [1.807, 2.05) is 0 Å². The van der Waals surface area contributed by atoms with Gasteiger partial charge in [-0.05, 0) is 26.3 Å². The van der Waals surface area contributed by atoms with Crippen molar-refractivity contribution < 1.29 is 9.63 Å². The highest BCUT2D eigenvalue weighted by molar-refractivity contribution is 4.95. The third kappa shape index (κ3) is 1.93. The molecule has 1 aliphatic heterocycles. The first-order valence-electron chi connectivity index (χ1n) is 5.02. The Labute approximate surface area is 82.5 Å². The minimum Gasteiger partial charge on any atom is -0.385 e. The van der Waals surface area contributed by atoms with Gasteiger partial charge < -0.3 is 14.9 Å². The van der Waals surface area contributed by atoms with Gasteiger partial charge in [-0.15, -0.1) is 0 Å². The Hall–Kier alpha value is -0.940. The van der Waals surface area contributed by atoms with Crippen molar-refractivity contribution in [1.29, 1.82) is 0 Å². The molecule has 1 saturated heterocycles. The van der Waals surface area contributed by atoms with Gasteiger partial charge in [0.2, 0.25) is 5.89 Å². The molecule has 1 aliphatic rings. The first-order valence-corrected chi connectivity index (χ1v) is 5.02. The number of nitrogens with zero attached hydrogens (tertiary/aromatic N) is 2. The number of aliphatic hydroxyl groups is 1. The quantitative estimate of drug-likeness (QED) is 0.738. The van der Waals surface area contributed by atoms with Crippen molar-refractivity contribution in [3.05, 3.63) is 11.7 Å². The zero-order valence-corrected chi connectivity index (χ0v) is 8.23. The number of piperidine rings is 1. The molecule has 2 atom stereocenters. The fraction of sp³-hybridized carbons (Fsp3) is 0.778. The van der Waals surface area contributed by atoms with Crippen LogP contribution in [0.25, 0.3) is 0 Å². The lowest BCUT2D eigenvalue weighted by molar-refractivity contribution is 0.184. The van der Waals surface area contributed by atoms with Crippen LogP contribution in [0.1, 0.15) is 50.0 Å². The van der Waals surface area contributed by atoms with Crippen LogP contribution in [0.5, 0.6) is 0 Å². The molecule has 2 heterocycles. The number of hydrogen-bond acceptors (Lipinski definition) is 5. The van der Waals surface area contributed by atoms with Crippen LogP contribution in [0.2, 0.25) is 0 Å². The van der Waals surface area contributed by atoms with E-state index in [1.165, 1.54) is 12.8 Å². The minimum absolute atomic E-state index is 0.170. The van der Waals surface area contributed by atoms with Gasteiger partial charge in [0, 0.05) is 0 Å². The number of hydrogen-bond donors (Lipinski definition) is 2. The van der Waals surface area contributed by atoms with Gasteiger partial charge >= 0.3 is 0 Å². The van der Waals surface area contributed by atoms with Crippen molar-refractivity contribution in [3.8, 4) is 0 Å². The molecular formula is C9H15N3O2. The van der Waals surface area contributed by atoms with E-state index in [4.69, 9.17) is 4.52 Å². The molecule has 2 rings (SSSR count). The predicted octanol–water partition coefficient (Wildman–Crippen LogP) is 0.937. The van der Waals surface area contributed by atoms with Crippen LogP contribution in [0.3, 0.4) is 0 Å². The molecule has 5 heteroatoms. The van der Waals surface area contributed by atoms with Crippen LogP contribution >= 0.6 is 0 Å². The van der Waals surface area contributed by atoms with Crippen LogP contribution in [0, 0.1) is 0 Å². The molecular weight excluding hydrogens is 182 g/mol. The lowest BCUT2D eigenvalue weighted by Crippen LogP contribution is -2.27.